The predicted octanol–water partition coefficient (Wildman–Crippen LogP) is 4.33. The van der Waals surface area contributed by atoms with E-state index in [2.05, 4.69) is 5.32 Å². The molecule has 0 aromatic heterocycles. The zero-order valence-electron chi connectivity index (χ0n) is 11.5. The first kappa shape index (κ1) is 17.2. The van der Waals surface area contributed by atoms with E-state index in [1.807, 2.05) is 22.6 Å². The molecule has 0 aliphatic rings. The molecule has 4 nitrogen and oxygen atoms in total. The molecule has 0 spiro atoms. The fourth-order valence-corrected chi connectivity index (χ4v) is 2.81. The van der Waals surface area contributed by atoms with Crippen LogP contribution in [0.15, 0.2) is 42.0 Å². The third kappa shape index (κ3) is 4.21. The van der Waals surface area contributed by atoms with Gasteiger partial charge in [-0.25, -0.2) is 4.39 Å². The monoisotopic (exact) mass is 442 g/mol. The van der Waals surface area contributed by atoms with Crippen molar-refractivity contribution >= 4 is 51.9 Å². The highest BCUT2D eigenvalue weighted by Gasteiger charge is 2.14. The molecule has 0 radical (unpaired) electrons. The number of nitrogens with zero attached hydrogens (tertiary/aromatic N) is 1. The molecule has 2 aromatic rings. The number of amides is 1. The van der Waals surface area contributed by atoms with Crippen LogP contribution >= 0.6 is 34.2 Å². The van der Waals surface area contributed by atoms with Crippen molar-refractivity contribution in [2.45, 2.75) is 0 Å². The van der Waals surface area contributed by atoms with E-state index >= 15 is 0 Å². The van der Waals surface area contributed by atoms with E-state index in [1.54, 1.807) is 18.2 Å². The Kier molecular flexibility index (Phi) is 5.58. The number of nitriles is 1. The van der Waals surface area contributed by atoms with Gasteiger partial charge in [0, 0.05) is 10.6 Å². The molecule has 0 atom stereocenters. The summed E-state index contributed by atoms with van der Waals surface area (Å²) in [6, 6.07) is 10.3. The largest absolute Gasteiger partial charge is 0.506 e. The zero-order chi connectivity index (χ0) is 17.0. The van der Waals surface area contributed by atoms with Crippen LogP contribution in [0.25, 0.3) is 6.08 Å². The zero-order valence-corrected chi connectivity index (χ0v) is 14.4. The maximum atomic E-state index is 13.5. The van der Waals surface area contributed by atoms with Crippen molar-refractivity contribution in [3.8, 4) is 11.8 Å². The molecule has 0 saturated carbocycles. The van der Waals surface area contributed by atoms with Gasteiger partial charge in [0.1, 0.15) is 23.2 Å². The fourth-order valence-electron chi connectivity index (χ4n) is 1.75. The Morgan fingerprint density at radius 1 is 1.39 bits per heavy atom. The summed E-state index contributed by atoms with van der Waals surface area (Å²) in [5, 5.41) is 21.8. The summed E-state index contributed by atoms with van der Waals surface area (Å²) in [6.45, 7) is 0. The van der Waals surface area contributed by atoms with Crippen LogP contribution < -0.4 is 5.32 Å². The molecule has 0 aliphatic heterocycles. The molecule has 0 unspecified atom stereocenters. The average molecular weight is 443 g/mol. The number of benzene rings is 2. The second-order valence-electron chi connectivity index (χ2n) is 4.43. The molecule has 7 heteroatoms. The summed E-state index contributed by atoms with van der Waals surface area (Å²) in [4.78, 5) is 12.1. The maximum absolute atomic E-state index is 13.5. The number of phenols is 1. The average Bonchev–Trinajstić information content (AvgIpc) is 2.51. The molecule has 0 fully saturated rings. The summed E-state index contributed by atoms with van der Waals surface area (Å²) in [5.74, 6) is -1.49. The quantitative estimate of drug-likeness (QED) is 0.422. The maximum Gasteiger partial charge on any atom is 0.266 e. The molecule has 23 heavy (non-hydrogen) atoms. The SMILES string of the molecule is N#C/C(=C/c1cc(Cl)cc(I)c1O)C(=O)Nc1ccccc1F. The molecule has 2 N–H and O–H groups in total. The van der Waals surface area contributed by atoms with E-state index in [0.29, 0.717) is 8.59 Å². The van der Waals surface area contributed by atoms with Gasteiger partial charge in [-0.2, -0.15) is 5.26 Å². The second kappa shape index (κ2) is 7.44. The number of carbonyl (C=O) groups excluding carboxylic acids is 1. The van der Waals surface area contributed by atoms with Crippen LogP contribution in [0.5, 0.6) is 5.75 Å². The van der Waals surface area contributed by atoms with Crippen molar-refractivity contribution in [3.63, 3.8) is 0 Å². The number of halogens is 3. The second-order valence-corrected chi connectivity index (χ2v) is 6.03. The first-order valence-electron chi connectivity index (χ1n) is 6.28. The minimum atomic E-state index is -0.785. The number of rotatable bonds is 3. The van der Waals surface area contributed by atoms with Gasteiger partial charge in [0.15, 0.2) is 0 Å². The van der Waals surface area contributed by atoms with Gasteiger partial charge in [-0.1, -0.05) is 23.7 Å². The highest BCUT2D eigenvalue weighted by atomic mass is 127. The number of nitrogens with one attached hydrogen (secondary N) is 1. The number of carbonyl (C=O) groups is 1. The molecular formula is C16H9ClFIN2O2. The van der Waals surface area contributed by atoms with Crippen molar-refractivity contribution in [1.29, 1.82) is 5.26 Å². The van der Waals surface area contributed by atoms with Crippen molar-refractivity contribution in [3.05, 3.63) is 61.9 Å². The van der Waals surface area contributed by atoms with Crippen LogP contribution in [-0.2, 0) is 4.79 Å². The lowest BCUT2D eigenvalue weighted by Crippen LogP contribution is -2.14. The first-order valence-corrected chi connectivity index (χ1v) is 7.73. The normalized spacial score (nSPS) is 11.0. The van der Waals surface area contributed by atoms with E-state index in [-0.39, 0.29) is 22.6 Å². The van der Waals surface area contributed by atoms with Crippen LogP contribution in [0, 0.1) is 20.7 Å². The summed E-state index contributed by atoms with van der Waals surface area (Å²) >= 11 is 7.78. The Hall–Kier alpha value is -2.11. The lowest BCUT2D eigenvalue weighted by molar-refractivity contribution is -0.112. The summed E-state index contributed by atoms with van der Waals surface area (Å²) in [6.07, 6.45) is 1.19. The van der Waals surface area contributed by atoms with Crippen LogP contribution in [0.2, 0.25) is 5.02 Å². The van der Waals surface area contributed by atoms with Crippen molar-refractivity contribution < 1.29 is 14.3 Å². The number of hydrogen-bond acceptors (Lipinski definition) is 3. The minimum Gasteiger partial charge on any atom is -0.506 e. The number of phenolic OH excluding ortho intramolecular Hbond substituents is 1. The third-order valence-electron chi connectivity index (χ3n) is 2.84. The highest BCUT2D eigenvalue weighted by molar-refractivity contribution is 14.1. The molecule has 0 aliphatic carbocycles. The summed E-state index contributed by atoms with van der Waals surface area (Å²) < 4.78 is 14.0. The lowest BCUT2D eigenvalue weighted by atomic mass is 10.1. The first-order chi connectivity index (χ1) is 10.9. The Bertz CT molecular complexity index is 846. The molecular weight excluding hydrogens is 434 g/mol. The van der Waals surface area contributed by atoms with Gasteiger partial charge >= 0.3 is 0 Å². The van der Waals surface area contributed by atoms with E-state index in [9.17, 15) is 14.3 Å². The summed E-state index contributed by atoms with van der Waals surface area (Å²) in [7, 11) is 0. The number of aromatic hydroxyl groups is 1. The van der Waals surface area contributed by atoms with Crippen LogP contribution in [0.4, 0.5) is 10.1 Å². The molecule has 116 valence electrons. The molecule has 0 bridgehead atoms. The molecule has 0 heterocycles. The van der Waals surface area contributed by atoms with E-state index in [4.69, 9.17) is 16.9 Å². The van der Waals surface area contributed by atoms with Gasteiger partial charge in [-0.15, -0.1) is 0 Å². The van der Waals surface area contributed by atoms with E-state index < -0.39 is 11.7 Å². The highest BCUT2D eigenvalue weighted by Crippen LogP contribution is 2.30. The fraction of sp³-hybridized carbons (Fsp3) is 0. The van der Waals surface area contributed by atoms with Crippen molar-refractivity contribution in [1.82, 2.24) is 0 Å². The standard InChI is InChI=1S/C16H9ClFIN2O2/c17-11-6-9(15(22)13(19)7-11)5-10(8-20)16(23)21-14-4-2-1-3-12(14)18/h1-7,22H,(H,21,23)/b10-5-. The van der Waals surface area contributed by atoms with Gasteiger partial charge in [0.25, 0.3) is 5.91 Å². The molecule has 1 amide bonds. The number of anilines is 1. The van der Waals surface area contributed by atoms with Gasteiger partial charge in [0.2, 0.25) is 0 Å². The van der Waals surface area contributed by atoms with Gasteiger partial charge < -0.3 is 10.4 Å². The molecule has 2 aromatic carbocycles. The lowest BCUT2D eigenvalue weighted by Gasteiger charge is -2.07. The van der Waals surface area contributed by atoms with Gasteiger partial charge in [-0.3, -0.25) is 4.79 Å². The van der Waals surface area contributed by atoms with Crippen LogP contribution in [0.3, 0.4) is 0 Å². The van der Waals surface area contributed by atoms with Gasteiger partial charge in [-0.05, 0) is 52.9 Å². The Labute approximate surface area is 150 Å². The summed E-state index contributed by atoms with van der Waals surface area (Å²) in [5.41, 5.74) is -0.104. The van der Waals surface area contributed by atoms with E-state index in [1.165, 1.54) is 30.3 Å². The Morgan fingerprint density at radius 2 is 2.09 bits per heavy atom. The number of para-hydroxylation sites is 1. The minimum absolute atomic E-state index is 0.0384. The van der Waals surface area contributed by atoms with Crippen LogP contribution in [-0.4, -0.2) is 11.0 Å². The topological polar surface area (TPSA) is 73.1 Å². The number of hydrogen-bond donors (Lipinski definition) is 2. The van der Waals surface area contributed by atoms with Gasteiger partial charge in [0.05, 0.1) is 9.26 Å². The Morgan fingerprint density at radius 3 is 2.74 bits per heavy atom. The predicted molar refractivity (Wildman–Crippen MR) is 94.5 cm³/mol. The smallest absolute Gasteiger partial charge is 0.266 e. The third-order valence-corrected chi connectivity index (χ3v) is 3.89. The van der Waals surface area contributed by atoms with Crippen molar-refractivity contribution in [2.75, 3.05) is 5.32 Å². The Balaban J connectivity index is 2.35. The van der Waals surface area contributed by atoms with Crippen molar-refractivity contribution in [2.24, 2.45) is 0 Å². The van der Waals surface area contributed by atoms with E-state index in [0.717, 1.165) is 0 Å². The molecule has 0 saturated heterocycles. The van der Waals surface area contributed by atoms with Crippen LogP contribution in [0.1, 0.15) is 5.56 Å². The molecule has 2 rings (SSSR count).